The minimum absolute atomic E-state index is 0. The van der Waals surface area contributed by atoms with Gasteiger partial charge in [-0.1, -0.05) is 203 Å². The molecule has 0 heterocycles. The van der Waals surface area contributed by atoms with Crippen LogP contribution >= 0.6 is 0 Å². The predicted octanol–water partition coefficient (Wildman–Crippen LogP) is 19.7. The van der Waals surface area contributed by atoms with E-state index in [4.69, 9.17) is 0 Å². The van der Waals surface area contributed by atoms with Gasteiger partial charge in [-0.15, -0.1) is 111 Å². The van der Waals surface area contributed by atoms with Crippen LogP contribution in [0.5, 0.6) is 11.5 Å². The first kappa shape index (κ1) is 77.3. The molecule has 0 aromatic heterocycles. The molecule has 0 N–H and O–H groups in total. The fourth-order valence-corrected chi connectivity index (χ4v) is 12.2. The van der Waals surface area contributed by atoms with Crippen LogP contribution in [-0.4, -0.2) is 6.41 Å². The third-order valence-corrected chi connectivity index (χ3v) is 18.9. The Morgan fingerprint density at radius 2 is 0.656 bits per heavy atom. The van der Waals surface area contributed by atoms with Crippen LogP contribution in [-0.2, 0) is 70.1 Å². The van der Waals surface area contributed by atoms with E-state index in [1.165, 1.54) is 137 Å². The van der Waals surface area contributed by atoms with E-state index in [-0.39, 0.29) is 45.6 Å². The number of fused-ring (bicyclic) bond motifs is 6. The molecule has 0 spiro atoms. The summed E-state index contributed by atoms with van der Waals surface area (Å²) in [5, 5.41) is 34.3. The summed E-state index contributed by atoms with van der Waals surface area (Å²) in [6.45, 7) is 27.6. The Morgan fingerprint density at radius 3 is 0.865 bits per heavy atom. The van der Waals surface area contributed by atoms with E-state index in [0.29, 0.717) is 0 Å². The van der Waals surface area contributed by atoms with Crippen molar-refractivity contribution in [1.29, 1.82) is 0 Å². The van der Waals surface area contributed by atoms with Crippen molar-refractivity contribution in [3.05, 3.63) is 360 Å². The van der Waals surface area contributed by atoms with Gasteiger partial charge < -0.3 is 22.6 Å². The van der Waals surface area contributed by atoms with Gasteiger partial charge >= 0.3 is 198 Å². The molecule has 12 aromatic carbocycles. The van der Waals surface area contributed by atoms with Gasteiger partial charge in [-0.3, -0.25) is 12.2 Å². The molecular formula is C91H92ClO2Zr2-3. The standard InChI is InChI=1S/2C14H22O.2C13H9.2C13H10.C6H7.C5H5.ClH.2Zr/c2*1-13(2,3)10-7-8-12(15)11(9-10)14(4,5)6;2*1-3-7-12-10(5-1)9-11-6-2-4-8-13(11)12;2*1-3-7-12(8-4-1)11-13-9-5-2-6-10-13;1-6-4-2-3-5-6;1-2-4-5-3-1;;;/h2*7-9,15H,1-6H3;2*1-9H;2*1-10H;4-5H,2H2,1H3;1-3H,4H2;1H;;/q;;2*-1;;;2*-1;;2*+2/p-3. The van der Waals surface area contributed by atoms with Crippen molar-refractivity contribution in [2.75, 3.05) is 0 Å². The van der Waals surface area contributed by atoms with Crippen LogP contribution in [0.2, 0.25) is 0 Å². The summed E-state index contributed by atoms with van der Waals surface area (Å²) in [5.74, 6) is 0.297. The number of rotatable bonds is 4. The van der Waals surface area contributed by atoms with Gasteiger partial charge in [0.25, 0.3) is 0 Å². The van der Waals surface area contributed by atoms with Crippen LogP contribution in [0.25, 0.3) is 43.1 Å². The molecule has 0 atom stereocenters. The van der Waals surface area contributed by atoms with E-state index in [2.05, 4.69) is 357 Å². The fraction of sp³-hybridized carbons (Fsp3) is 0.209. The summed E-state index contributed by atoms with van der Waals surface area (Å²) in [6, 6.07) is 92.1. The van der Waals surface area contributed by atoms with Crippen LogP contribution in [0.1, 0.15) is 147 Å². The van der Waals surface area contributed by atoms with E-state index in [1.54, 1.807) is 12.1 Å². The molecule has 2 nitrogen and oxygen atoms in total. The Labute approximate surface area is 610 Å². The van der Waals surface area contributed by atoms with Gasteiger partial charge in [-0.05, 0) is 32.8 Å². The third-order valence-electron chi connectivity index (χ3n) is 16.1. The Hall–Kier alpha value is -7.70. The first-order chi connectivity index (χ1) is 45.3. The Bertz CT molecular complexity index is 4030. The van der Waals surface area contributed by atoms with Crippen molar-refractivity contribution in [3.63, 3.8) is 0 Å². The number of allylic oxidation sites excluding steroid dienone is 8. The molecular weight excluding hydrogens is 1340 g/mol. The minimum atomic E-state index is -0.0711. The smallest absolute Gasteiger partial charge is 0.0771 e. The van der Waals surface area contributed by atoms with Crippen molar-refractivity contribution in [2.24, 2.45) is 0 Å². The van der Waals surface area contributed by atoms with E-state index in [0.717, 1.165) is 24.0 Å². The molecule has 0 fully saturated rings. The average molecular weight is 1440 g/mol. The molecule has 0 bridgehead atoms. The molecule has 0 radical (unpaired) electrons. The van der Waals surface area contributed by atoms with E-state index >= 15 is 0 Å². The molecule has 0 saturated carbocycles. The van der Waals surface area contributed by atoms with Crippen molar-refractivity contribution < 1.29 is 71.1 Å². The first-order valence-electron chi connectivity index (χ1n) is 32.8. The normalized spacial score (nSPS) is 12.0. The zero-order valence-corrected chi connectivity index (χ0v) is 64.1. The molecule has 486 valence electrons. The second-order valence-corrected chi connectivity index (χ2v) is 30.2. The summed E-state index contributed by atoms with van der Waals surface area (Å²) in [4.78, 5) is 0. The van der Waals surface area contributed by atoms with Gasteiger partial charge in [-0.25, -0.2) is 23.8 Å². The summed E-state index contributed by atoms with van der Waals surface area (Å²) in [5.41, 5.74) is 11.0. The molecule has 2 aliphatic rings. The minimum Gasteiger partial charge on any atom is -0.126 e. The number of hydrogen-bond acceptors (Lipinski definition) is 2. The van der Waals surface area contributed by atoms with Crippen LogP contribution in [0, 0.1) is 12.2 Å². The van der Waals surface area contributed by atoms with E-state index < -0.39 is 0 Å². The largest absolute Gasteiger partial charge is 0.126 e. The van der Waals surface area contributed by atoms with Crippen LogP contribution in [0.3, 0.4) is 0 Å². The van der Waals surface area contributed by atoms with Crippen LogP contribution < -0.4 is 22.6 Å². The van der Waals surface area contributed by atoms with Crippen molar-refractivity contribution in [3.8, 4) is 11.5 Å². The molecule has 0 saturated heterocycles. The molecule has 12 aromatic rings. The van der Waals surface area contributed by atoms with Gasteiger partial charge in [0.15, 0.2) is 0 Å². The Balaban J connectivity index is 0.000000176. The molecule has 14 rings (SSSR count). The SMILES string of the molecule is CC(C)(C)c1ccc([O-])c(C(C)(C)C)c1.CC(C)(C)c1ccc([O-])c(C(C)(C)C)c1.CC1=CC[C-]=C1.[C-]1=CC=CC1.[Cl-].[Zr+2]=[C](c1ccccc1)c1ccccc1.[Zr+2]=[C](c1ccccc1)c1ccccc1.c1ccc2c(c1)[cH-]c1ccccc12.c1ccc2c(c1)[cH-]c1ccccc12. The molecule has 0 amide bonds. The van der Waals surface area contributed by atoms with E-state index in [9.17, 15) is 10.2 Å². The van der Waals surface area contributed by atoms with Crippen LogP contribution in [0.15, 0.2) is 303 Å². The quantitative estimate of drug-likeness (QED) is 0.165. The van der Waals surface area contributed by atoms with Gasteiger partial charge in [0.05, 0.1) is 0 Å². The van der Waals surface area contributed by atoms with Crippen molar-refractivity contribution in [2.45, 2.75) is 125 Å². The number of benzene rings is 10. The maximum absolute atomic E-state index is 11.7. The molecule has 2 aliphatic carbocycles. The van der Waals surface area contributed by atoms with Crippen molar-refractivity contribution >= 4 is 49.5 Å². The van der Waals surface area contributed by atoms with Crippen LogP contribution in [0.4, 0.5) is 0 Å². The molecule has 0 aliphatic heterocycles. The van der Waals surface area contributed by atoms with Gasteiger partial charge in [-0.2, -0.15) is 12.2 Å². The van der Waals surface area contributed by atoms with E-state index in [1.807, 2.05) is 30.4 Å². The Morgan fingerprint density at radius 1 is 0.365 bits per heavy atom. The summed E-state index contributed by atoms with van der Waals surface area (Å²) >= 11 is 2.92. The number of halogens is 1. The average Bonchev–Trinajstić information content (AvgIpc) is 1.52. The monoisotopic (exact) mass is 1430 g/mol. The first-order valence-corrected chi connectivity index (χ1v) is 35.3. The molecule has 96 heavy (non-hydrogen) atoms. The predicted molar refractivity (Wildman–Crippen MR) is 401 cm³/mol. The maximum Gasteiger partial charge on any atom is -0.0771 e. The topological polar surface area (TPSA) is 46.1 Å². The van der Waals surface area contributed by atoms with Gasteiger partial charge in [0.2, 0.25) is 0 Å². The molecule has 0 unspecified atom stereocenters. The zero-order valence-electron chi connectivity index (χ0n) is 58.4. The number of hydrogen-bond donors (Lipinski definition) is 0. The second-order valence-electron chi connectivity index (χ2n) is 27.8. The van der Waals surface area contributed by atoms with Gasteiger partial charge in [0.1, 0.15) is 0 Å². The summed E-state index contributed by atoms with van der Waals surface area (Å²) < 4.78 is 2.83. The Kier molecular flexibility index (Phi) is 29.9. The zero-order chi connectivity index (χ0) is 68.6. The maximum atomic E-state index is 11.7. The van der Waals surface area contributed by atoms with Crippen molar-refractivity contribution in [1.82, 2.24) is 0 Å². The summed E-state index contributed by atoms with van der Waals surface area (Å²) in [7, 11) is 0. The third kappa shape index (κ3) is 23.8. The molecule has 5 heteroatoms. The fourth-order valence-electron chi connectivity index (χ4n) is 10.6. The second kappa shape index (κ2) is 37.1. The summed E-state index contributed by atoms with van der Waals surface area (Å²) in [6.07, 6.45) is 18.2. The van der Waals surface area contributed by atoms with Gasteiger partial charge in [0, 0.05) is 0 Å².